The fraction of sp³-hybridized carbons (Fsp3) is 0.462. The van der Waals surface area contributed by atoms with Crippen LogP contribution in [0.1, 0.15) is 26.7 Å². The van der Waals surface area contributed by atoms with E-state index in [1.807, 2.05) is 18.2 Å². The summed E-state index contributed by atoms with van der Waals surface area (Å²) in [7, 11) is 1.64. The van der Waals surface area contributed by atoms with E-state index >= 15 is 0 Å². The molecule has 1 heterocycles. The van der Waals surface area contributed by atoms with Gasteiger partial charge in [-0.1, -0.05) is 0 Å². The molecule has 1 aromatic carbocycles. The Morgan fingerprint density at radius 2 is 2.12 bits per heavy atom. The number of hydrogen-bond donors (Lipinski definition) is 1. The van der Waals surface area contributed by atoms with Crippen LogP contribution >= 0.6 is 0 Å². The van der Waals surface area contributed by atoms with Gasteiger partial charge in [0.2, 0.25) is 5.89 Å². The molecule has 4 nitrogen and oxygen atoms in total. The molecule has 17 heavy (non-hydrogen) atoms. The van der Waals surface area contributed by atoms with Crippen LogP contribution in [0.15, 0.2) is 22.6 Å². The zero-order chi connectivity index (χ0) is 12.5. The van der Waals surface area contributed by atoms with Crippen LogP contribution < -0.4 is 10.1 Å². The van der Waals surface area contributed by atoms with Crippen molar-refractivity contribution in [3.05, 3.63) is 24.1 Å². The summed E-state index contributed by atoms with van der Waals surface area (Å²) < 4.78 is 10.8. The SMILES string of the molecule is COc1ccc2nc(CNC(C)(C)C)oc2c1. The third-order valence-corrected chi connectivity index (χ3v) is 2.41. The van der Waals surface area contributed by atoms with Gasteiger partial charge in [-0.25, -0.2) is 4.98 Å². The van der Waals surface area contributed by atoms with E-state index in [-0.39, 0.29) is 5.54 Å². The van der Waals surface area contributed by atoms with Crippen molar-refractivity contribution < 1.29 is 9.15 Å². The molecule has 0 saturated heterocycles. The Morgan fingerprint density at radius 1 is 1.35 bits per heavy atom. The molecular formula is C13H18N2O2. The van der Waals surface area contributed by atoms with Gasteiger partial charge in [-0.3, -0.25) is 0 Å². The molecule has 0 spiro atoms. The van der Waals surface area contributed by atoms with Crippen molar-refractivity contribution in [2.24, 2.45) is 0 Å². The predicted molar refractivity (Wildman–Crippen MR) is 67.2 cm³/mol. The van der Waals surface area contributed by atoms with Gasteiger partial charge in [0.25, 0.3) is 0 Å². The van der Waals surface area contributed by atoms with Crippen LogP contribution in [-0.2, 0) is 6.54 Å². The van der Waals surface area contributed by atoms with E-state index in [9.17, 15) is 0 Å². The van der Waals surface area contributed by atoms with Gasteiger partial charge in [-0.2, -0.15) is 0 Å². The minimum absolute atomic E-state index is 0.0539. The van der Waals surface area contributed by atoms with E-state index in [1.165, 1.54) is 0 Å². The fourth-order valence-corrected chi connectivity index (χ4v) is 1.50. The molecule has 0 fully saturated rings. The molecule has 0 radical (unpaired) electrons. The standard InChI is InChI=1S/C13H18N2O2/c1-13(2,3)14-8-12-15-10-6-5-9(16-4)7-11(10)17-12/h5-7,14H,8H2,1-4H3. The molecule has 1 N–H and O–H groups in total. The van der Waals surface area contributed by atoms with Gasteiger partial charge in [0.05, 0.1) is 13.7 Å². The molecule has 0 saturated carbocycles. The van der Waals surface area contributed by atoms with E-state index < -0.39 is 0 Å². The number of nitrogens with zero attached hydrogens (tertiary/aromatic N) is 1. The lowest BCUT2D eigenvalue weighted by atomic mass is 10.1. The number of fused-ring (bicyclic) bond motifs is 1. The first-order valence-corrected chi connectivity index (χ1v) is 5.66. The second-order valence-corrected chi connectivity index (χ2v) is 5.04. The van der Waals surface area contributed by atoms with Gasteiger partial charge in [0, 0.05) is 11.6 Å². The van der Waals surface area contributed by atoms with Crippen LogP contribution in [0.25, 0.3) is 11.1 Å². The van der Waals surface area contributed by atoms with Crippen molar-refractivity contribution in [3.8, 4) is 5.75 Å². The Bertz CT molecular complexity index is 512. The highest BCUT2D eigenvalue weighted by molar-refractivity contribution is 5.74. The maximum absolute atomic E-state index is 5.65. The highest BCUT2D eigenvalue weighted by Crippen LogP contribution is 2.21. The summed E-state index contributed by atoms with van der Waals surface area (Å²) in [5, 5.41) is 3.34. The Balaban J connectivity index is 2.20. The lowest BCUT2D eigenvalue weighted by Gasteiger charge is -2.18. The summed E-state index contributed by atoms with van der Waals surface area (Å²) in [6, 6.07) is 5.63. The molecule has 0 bridgehead atoms. The van der Waals surface area contributed by atoms with Crippen molar-refractivity contribution >= 4 is 11.1 Å². The highest BCUT2D eigenvalue weighted by Gasteiger charge is 2.12. The van der Waals surface area contributed by atoms with Crippen LogP contribution in [0, 0.1) is 0 Å². The third kappa shape index (κ3) is 2.97. The molecule has 4 heteroatoms. The van der Waals surface area contributed by atoms with E-state index in [2.05, 4.69) is 31.1 Å². The maximum Gasteiger partial charge on any atom is 0.209 e. The summed E-state index contributed by atoms with van der Waals surface area (Å²) in [6.45, 7) is 6.95. The molecule has 1 aromatic heterocycles. The zero-order valence-electron chi connectivity index (χ0n) is 10.7. The van der Waals surface area contributed by atoms with Gasteiger partial charge < -0.3 is 14.5 Å². The lowest BCUT2D eigenvalue weighted by Crippen LogP contribution is -2.35. The number of aromatic nitrogens is 1. The van der Waals surface area contributed by atoms with Gasteiger partial charge in [0.15, 0.2) is 5.58 Å². The van der Waals surface area contributed by atoms with Gasteiger partial charge in [-0.05, 0) is 32.9 Å². The molecule has 0 unspecified atom stereocenters. The molecule has 0 amide bonds. The Hall–Kier alpha value is -1.55. The van der Waals surface area contributed by atoms with Gasteiger partial charge >= 0.3 is 0 Å². The second kappa shape index (κ2) is 4.37. The second-order valence-electron chi connectivity index (χ2n) is 5.04. The van der Waals surface area contributed by atoms with Crippen molar-refractivity contribution in [3.63, 3.8) is 0 Å². The summed E-state index contributed by atoms with van der Waals surface area (Å²) in [4.78, 5) is 4.41. The molecule has 92 valence electrons. The van der Waals surface area contributed by atoms with Crippen LogP contribution in [-0.4, -0.2) is 17.6 Å². The molecule has 0 aliphatic carbocycles. The smallest absolute Gasteiger partial charge is 0.209 e. The number of benzene rings is 1. The number of hydrogen-bond acceptors (Lipinski definition) is 4. The van der Waals surface area contributed by atoms with E-state index in [4.69, 9.17) is 9.15 Å². The average Bonchev–Trinajstić information content (AvgIpc) is 2.66. The van der Waals surface area contributed by atoms with Crippen molar-refractivity contribution in [1.29, 1.82) is 0 Å². The van der Waals surface area contributed by atoms with Crippen molar-refractivity contribution in [2.75, 3.05) is 7.11 Å². The zero-order valence-corrected chi connectivity index (χ0v) is 10.7. The molecule has 0 aliphatic heterocycles. The number of nitrogens with one attached hydrogen (secondary N) is 1. The minimum Gasteiger partial charge on any atom is -0.497 e. The Morgan fingerprint density at radius 3 is 2.76 bits per heavy atom. The van der Waals surface area contributed by atoms with E-state index in [0.717, 1.165) is 16.8 Å². The Kier molecular flexibility index (Phi) is 3.07. The predicted octanol–water partition coefficient (Wildman–Crippen LogP) is 2.72. The lowest BCUT2D eigenvalue weighted by molar-refractivity contribution is 0.387. The van der Waals surface area contributed by atoms with E-state index in [0.29, 0.717) is 12.4 Å². The van der Waals surface area contributed by atoms with Crippen LogP contribution in [0.4, 0.5) is 0 Å². The monoisotopic (exact) mass is 234 g/mol. The van der Waals surface area contributed by atoms with Crippen LogP contribution in [0.3, 0.4) is 0 Å². The third-order valence-electron chi connectivity index (χ3n) is 2.41. The summed E-state index contributed by atoms with van der Waals surface area (Å²) in [5.74, 6) is 1.48. The fourth-order valence-electron chi connectivity index (χ4n) is 1.50. The summed E-state index contributed by atoms with van der Waals surface area (Å²) in [6.07, 6.45) is 0. The van der Waals surface area contributed by atoms with Gasteiger partial charge in [0.1, 0.15) is 11.3 Å². The van der Waals surface area contributed by atoms with Gasteiger partial charge in [-0.15, -0.1) is 0 Å². The quantitative estimate of drug-likeness (QED) is 0.887. The number of ether oxygens (including phenoxy) is 1. The first-order chi connectivity index (χ1) is 7.98. The van der Waals surface area contributed by atoms with Crippen molar-refractivity contribution in [1.82, 2.24) is 10.3 Å². The Labute approximate surface area is 101 Å². The molecule has 2 aromatic rings. The molecular weight excluding hydrogens is 216 g/mol. The van der Waals surface area contributed by atoms with Crippen LogP contribution in [0.5, 0.6) is 5.75 Å². The molecule has 0 atom stereocenters. The average molecular weight is 234 g/mol. The number of methoxy groups -OCH3 is 1. The number of rotatable bonds is 3. The highest BCUT2D eigenvalue weighted by atomic mass is 16.5. The topological polar surface area (TPSA) is 47.3 Å². The summed E-state index contributed by atoms with van der Waals surface area (Å²) >= 11 is 0. The minimum atomic E-state index is 0.0539. The van der Waals surface area contributed by atoms with Crippen molar-refractivity contribution in [2.45, 2.75) is 32.9 Å². The first kappa shape index (κ1) is 11.9. The normalized spacial score (nSPS) is 12.0. The van der Waals surface area contributed by atoms with E-state index in [1.54, 1.807) is 7.11 Å². The molecule has 0 aliphatic rings. The molecule has 2 rings (SSSR count). The number of oxazole rings is 1. The summed E-state index contributed by atoms with van der Waals surface area (Å²) in [5.41, 5.74) is 1.67. The maximum atomic E-state index is 5.65. The van der Waals surface area contributed by atoms with Crippen LogP contribution in [0.2, 0.25) is 0 Å². The largest absolute Gasteiger partial charge is 0.497 e. The first-order valence-electron chi connectivity index (χ1n) is 5.66.